The molecule has 0 saturated carbocycles. The van der Waals surface area contributed by atoms with E-state index in [2.05, 4.69) is 5.32 Å². The van der Waals surface area contributed by atoms with E-state index in [1.54, 1.807) is 13.0 Å². The van der Waals surface area contributed by atoms with Gasteiger partial charge in [-0.25, -0.2) is 8.42 Å². The van der Waals surface area contributed by atoms with Crippen LogP contribution in [0.2, 0.25) is 10.0 Å². The van der Waals surface area contributed by atoms with E-state index >= 15 is 0 Å². The van der Waals surface area contributed by atoms with Crippen molar-refractivity contribution >= 4 is 50.7 Å². The topological polar surface area (TPSA) is 86.8 Å². The van der Waals surface area contributed by atoms with E-state index in [4.69, 9.17) is 23.2 Å². The van der Waals surface area contributed by atoms with Crippen molar-refractivity contribution in [1.29, 1.82) is 0 Å². The van der Waals surface area contributed by atoms with Gasteiger partial charge in [0, 0.05) is 23.1 Å². The summed E-state index contributed by atoms with van der Waals surface area (Å²) in [4.78, 5) is 26.9. The lowest BCUT2D eigenvalue weighted by Crippen LogP contribution is -2.51. The third-order valence-corrected chi connectivity index (χ3v) is 6.74. The van der Waals surface area contributed by atoms with Crippen LogP contribution in [0.5, 0.6) is 0 Å². The van der Waals surface area contributed by atoms with Crippen LogP contribution in [0.15, 0.2) is 42.5 Å². The molecular formula is C22H24Cl2F3N3O4S. The fourth-order valence-corrected chi connectivity index (χ4v) is 4.50. The summed E-state index contributed by atoms with van der Waals surface area (Å²) >= 11 is 12.1. The lowest BCUT2D eigenvalue weighted by atomic mass is 10.1. The summed E-state index contributed by atoms with van der Waals surface area (Å²) in [5.41, 5.74) is -0.979. The van der Waals surface area contributed by atoms with Gasteiger partial charge >= 0.3 is 6.18 Å². The maximum absolute atomic E-state index is 13.3. The molecule has 192 valence electrons. The molecule has 2 aromatic carbocycles. The number of alkyl halides is 3. The number of anilines is 1. The van der Waals surface area contributed by atoms with Gasteiger partial charge in [-0.05, 0) is 49.7 Å². The molecule has 0 fully saturated rings. The Morgan fingerprint density at radius 2 is 1.77 bits per heavy atom. The quantitative estimate of drug-likeness (QED) is 0.500. The average molecular weight is 554 g/mol. The zero-order valence-corrected chi connectivity index (χ0v) is 21.4. The molecule has 0 aliphatic heterocycles. The molecule has 0 heterocycles. The first-order valence-corrected chi connectivity index (χ1v) is 12.9. The summed E-state index contributed by atoms with van der Waals surface area (Å²) in [5, 5.41) is 3.15. The predicted molar refractivity (Wildman–Crippen MR) is 129 cm³/mol. The first kappa shape index (κ1) is 28.7. The summed E-state index contributed by atoms with van der Waals surface area (Å²) in [5.74, 6) is -1.33. The number of hydrogen-bond acceptors (Lipinski definition) is 4. The van der Waals surface area contributed by atoms with Gasteiger partial charge in [0.1, 0.15) is 12.6 Å². The van der Waals surface area contributed by atoms with E-state index in [9.17, 15) is 31.2 Å². The van der Waals surface area contributed by atoms with Crippen molar-refractivity contribution in [2.75, 3.05) is 23.7 Å². The maximum Gasteiger partial charge on any atom is 0.416 e. The number of hydrogen-bond donors (Lipinski definition) is 1. The van der Waals surface area contributed by atoms with Crippen LogP contribution in [0.1, 0.15) is 25.0 Å². The lowest BCUT2D eigenvalue weighted by molar-refractivity contribution is -0.139. The van der Waals surface area contributed by atoms with E-state index in [0.717, 1.165) is 29.4 Å². The first-order valence-electron chi connectivity index (χ1n) is 10.3. The van der Waals surface area contributed by atoms with Crippen molar-refractivity contribution in [3.63, 3.8) is 0 Å². The normalized spacial score (nSPS) is 12.7. The zero-order chi connectivity index (χ0) is 26.6. The molecule has 0 aliphatic carbocycles. The van der Waals surface area contributed by atoms with Gasteiger partial charge in [0.05, 0.1) is 17.5 Å². The average Bonchev–Trinajstić information content (AvgIpc) is 2.75. The Bertz CT molecular complexity index is 1190. The van der Waals surface area contributed by atoms with Crippen LogP contribution in [0.4, 0.5) is 18.9 Å². The minimum Gasteiger partial charge on any atom is -0.355 e. The predicted octanol–water partition coefficient (Wildman–Crippen LogP) is 4.33. The largest absolute Gasteiger partial charge is 0.416 e. The molecule has 0 aliphatic rings. The molecule has 13 heteroatoms. The third-order valence-electron chi connectivity index (χ3n) is 5.01. The van der Waals surface area contributed by atoms with Crippen molar-refractivity contribution in [2.45, 2.75) is 32.6 Å². The second kappa shape index (κ2) is 11.5. The molecule has 2 aromatic rings. The number of carbonyl (C=O) groups is 2. The number of amides is 2. The van der Waals surface area contributed by atoms with E-state index in [0.29, 0.717) is 21.0 Å². The Kier molecular flexibility index (Phi) is 9.43. The van der Waals surface area contributed by atoms with Crippen LogP contribution >= 0.6 is 23.2 Å². The smallest absolute Gasteiger partial charge is 0.355 e. The molecule has 35 heavy (non-hydrogen) atoms. The molecule has 0 radical (unpaired) electrons. The number of halogens is 5. The zero-order valence-electron chi connectivity index (χ0n) is 19.1. The Balaban J connectivity index is 2.47. The molecule has 0 bridgehead atoms. The number of benzene rings is 2. The summed E-state index contributed by atoms with van der Waals surface area (Å²) in [6.45, 7) is 2.41. The van der Waals surface area contributed by atoms with Gasteiger partial charge < -0.3 is 10.2 Å². The molecule has 7 nitrogen and oxygen atoms in total. The van der Waals surface area contributed by atoms with Crippen LogP contribution < -0.4 is 9.62 Å². The van der Waals surface area contributed by atoms with Gasteiger partial charge in [-0.1, -0.05) is 35.3 Å². The van der Waals surface area contributed by atoms with Gasteiger partial charge in [0.25, 0.3) is 0 Å². The Morgan fingerprint density at radius 1 is 1.11 bits per heavy atom. The molecule has 2 rings (SSSR count). The van der Waals surface area contributed by atoms with E-state index in [1.807, 2.05) is 0 Å². The molecule has 0 saturated heterocycles. The minimum atomic E-state index is -4.71. The highest BCUT2D eigenvalue weighted by atomic mass is 35.5. The van der Waals surface area contributed by atoms with Crippen LogP contribution in [0.25, 0.3) is 0 Å². The fraction of sp³-hybridized carbons (Fsp3) is 0.364. The number of nitrogens with zero attached hydrogens (tertiary/aromatic N) is 2. The lowest BCUT2D eigenvalue weighted by Gasteiger charge is -2.31. The van der Waals surface area contributed by atoms with Gasteiger partial charge in [0.15, 0.2) is 0 Å². The van der Waals surface area contributed by atoms with E-state index in [1.165, 1.54) is 19.1 Å². The number of likely N-dealkylation sites (N-methyl/N-ethyl adjacent to an activating group) is 1. The highest BCUT2D eigenvalue weighted by Gasteiger charge is 2.33. The number of carbonyl (C=O) groups excluding carboxylic acids is 2. The standard InChI is InChI=1S/C22H24Cl2F3N3O4S/c1-4-28-21(32)14(2)29(12-15-8-9-17(23)11-19(15)24)20(31)13-30(35(3,33)34)18-7-5-6-16(10-18)22(25,26)27/h5-11,14H,4,12-13H2,1-3H3,(H,28,32)/t14-/m0/s1. The number of sulfonamides is 1. The van der Waals surface area contributed by atoms with Crippen LogP contribution in [-0.4, -0.2) is 50.5 Å². The van der Waals surface area contributed by atoms with Crippen LogP contribution in [-0.2, 0) is 32.3 Å². The van der Waals surface area contributed by atoms with Gasteiger partial charge in [-0.3, -0.25) is 13.9 Å². The molecule has 0 spiro atoms. The maximum atomic E-state index is 13.3. The molecular weight excluding hydrogens is 530 g/mol. The van der Waals surface area contributed by atoms with Gasteiger partial charge in [-0.2, -0.15) is 13.2 Å². The first-order chi connectivity index (χ1) is 16.1. The highest BCUT2D eigenvalue weighted by Crippen LogP contribution is 2.32. The second-order valence-corrected chi connectivity index (χ2v) is 10.4. The van der Waals surface area contributed by atoms with Crippen molar-refractivity contribution in [1.82, 2.24) is 10.2 Å². The van der Waals surface area contributed by atoms with Gasteiger partial charge in [-0.15, -0.1) is 0 Å². The summed E-state index contributed by atoms with van der Waals surface area (Å²) in [6, 6.07) is 7.12. The summed E-state index contributed by atoms with van der Waals surface area (Å²) < 4.78 is 65.0. The Morgan fingerprint density at radius 3 is 2.31 bits per heavy atom. The van der Waals surface area contributed by atoms with Crippen molar-refractivity contribution in [2.24, 2.45) is 0 Å². The van der Waals surface area contributed by atoms with Crippen molar-refractivity contribution < 1.29 is 31.2 Å². The summed E-state index contributed by atoms with van der Waals surface area (Å²) in [7, 11) is -4.18. The van der Waals surface area contributed by atoms with Crippen LogP contribution in [0, 0.1) is 0 Å². The SMILES string of the molecule is CCNC(=O)[C@H](C)N(Cc1ccc(Cl)cc1Cl)C(=O)CN(c1cccc(C(F)(F)F)c1)S(C)(=O)=O. The van der Waals surface area contributed by atoms with E-state index in [-0.39, 0.29) is 23.8 Å². The second-order valence-electron chi connectivity index (χ2n) is 7.65. The Hall–Kier alpha value is -2.50. The summed E-state index contributed by atoms with van der Waals surface area (Å²) in [6.07, 6.45) is -3.94. The Labute approximate surface area is 211 Å². The third kappa shape index (κ3) is 7.74. The van der Waals surface area contributed by atoms with Gasteiger partial charge in [0.2, 0.25) is 21.8 Å². The molecule has 0 unspecified atom stereocenters. The fourth-order valence-electron chi connectivity index (χ4n) is 3.19. The van der Waals surface area contributed by atoms with E-state index < -0.39 is 46.2 Å². The highest BCUT2D eigenvalue weighted by molar-refractivity contribution is 7.92. The number of nitrogens with one attached hydrogen (secondary N) is 1. The molecule has 2 amide bonds. The molecule has 1 N–H and O–H groups in total. The molecule has 0 aromatic heterocycles. The van der Waals surface area contributed by atoms with Crippen molar-refractivity contribution in [3.05, 3.63) is 63.6 Å². The van der Waals surface area contributed by atoms with Crippen LogP contribution in [0.3, 0.4) is 0 Å². The minimum absolute atomic E-state index is 0.173. The number of rotatable bonds is 9. The monoisotopic (exact) mass is 553 g/mol. The van der Waals surface area contributed by atoms with Crippen molar-refractivity contribution in [3.8, 4) is 0 Å². The molecule has 1 atom stereocenters.